The Kier molecular flexibility index (Phi) is 3.15. The minimum atomic E-state index is 0.761. The predicted octanol–water partition coefficient (Wildman–Crippen LogP) is 2.89. The summed E-state index contributed by atoms with van der Waals surface area (Å²) >= 11 is 0. The van der Waals surface area contributed by atoms with E-state index < -0.39 is 0 Å². The molecule has 1 heterocycles. The van der Waals surface area contributed by atoms with Gasteiger partial charge in [-0.2, -0.15) is 0 Å². The third kappa shape index (κ3) is 2.35. The van der Waals surface area contributed by atoms with Gasteiger partial charge in [-0.25, -0.2) is 0 Å². The molecule has 5 aliphatic rings. The lowest BCUT2D eigenvalue weighted by Gasteiger charge is -2.57. The molecule has 1 N–H and O–H groups in total. The number of nitrogens with one attached hydrogen (secondary N) is 1. The second-order valence-electron chi connectivity index (χ2n) is 8.24. The highest BCUT2D eigenvalue weighted by Crippen LogP contribution is 2.61. The van der Waals surface area contributed by atoms with Crippen molar-refractivity contribution in [1.29, 1.82) is 0 Å². The molecular formula is C17H30N2. The van der Waals surface area contributed by atoms with Gasteiger partial charge in [0.25, 0.3) is 0 Å². The van der Waals surface area contributed by atoms with Gasteiger partial charge in [-0.1, -0.05) is 0 Å². The number of rotatable bonds is 4. The third-order valence-corrected chi connectivity index (χ3v) is 6.80. The first kappa shape index (κ1) is 12.6. The fourth-order valence-electron chi connectivity index (χ4n) is 6.26. The van der Waals surface area contributed by atoms with Crippen LogP contribution in [0.5, 0.6) is 0 Å². The molecule has 0 spiro atoms. The molecule has 4 bridgehead atoms. The van der Waals surface area contributed by atoms with E-state index in [1.165, 1.54) is 32.5 Å². The summed E-state index contributed by atoms with van der Waals surface area (Å²) in [6, 6.07) is 0.761. The van der Waals surface area contributed by atoms with Gasteiger partial charge in [0.15, 0.2) is 0 Å². The number of nitrogens with zero attached hydrogens (tertiary/aromatic N) is 1. The number of hydrogen-bond acceptors (Lipinski definition) is 2. The van der Waals surface area contributed by atoms with Crippen molar-refractivity contribution in [3.8, 4) is 0 Å². The normalized spacial score (nSPS) is 49.1. The molecule has 0 amide bonds. The van der Waals surface area contributed by atoms with Crippen molar-refractivity contribution in [2.75, 3.05) is 26.7 Å². The lowest BCUT2D eigenvalue weighted by Crippen LogP contribution is -2.47. The van der Waals surface area contributed by atoms with Crippen molar-refractivity contribution in [3.05, 3.63) is 0 Å². The maximum atomic E-state index is 3.45. The van der Waals surface area contributed by atoms with Gasteiger partial charge >= 0.3 is 0 Å². The highest BCUT2D eigenvalue weighted by Gasteiger charge is 2.50. The van der Waals surface area contributed by atoms with E-state index in [1.807, 2.05) is 0 Å². The number of hydrogen-bond donors (Lipinski definition) is 1. The Morgan fingerprint density at radius 1 is 1.05 bits per heavy atom. The molecule has 1 unspecified atom stereocenters. The Morgan fingerprint density at radius 3 is 2.21 bits per heavy atom. The van der Waals surface area contributed by atoms with Crippen molar-refractivity contribution in [2.24, 2.45) is 23.2 Å². The van der Waals surface area contributed by atoms with Crippen LogP contribution in [0.4, 0.5) is 0 Å². The van der Waals surface area contributed by atoms with Crippen LogP contribution in [0.2, 0.25) is 0 Å². The molecule has 4 aliphatic carbocycles. The van der Waals surface area contributed by atoms with E-state index >= 15 is 0 Å². The number of likely N-dealkylation sites (tertiary alicyclic amines) is 1. The van der Waals surface area contributed by atoms with E-state index in [0.29, 0.717) is 0 Å². The fraction of sp³-hybridized carbons (Fsp3) is 1.00. The second kappa shape index (κ2) is 4.73. The predicted molar refractivity (Wildman–Crippen MR) is 79.1 cm³/mol. The molecule has 0 radical (unpaired) electrons. The lowest BCUT2D eigenvalue weighted by molar-refractivity contribution is -0.0603. The van der Waals surface area contributed by atoms with Crippen LogP contribution in [0, 0.1) is 23.2 Å². The largest absolute Gasteiger partial charge is 0.316 e. The monoisotopic (exact) mass is 262 g/mol. The summed E-state index contributed by atoms with van der Waals surface area (Å²) in [7, 11) is 2.12. The Labute approximate surface area is 118 Å². The summed E-state index contributed by atoms with van der Waals surface area (Å²) in [5.41, 5.74) is 0.784. The maximum absolute atomic E-state index is 3.45. The highest BCUT2D eigenvalue weighted by atomic mass is 15.2. The van der Waals surface area contributed by atoms with E-state index in [2.05, 4.69) is 17.3 Å². The molecule has 5 fully saturated rings. The van der Waals surface area contributed by atoms with Crippen LogP contribution in [0.3, 0.4) is 0 Å². The zero-order valence-electron chi connectivity index (χ0n) is 12.5. The summed E-state index contributed by atoms with van der Waals surface area (Å²) in [4.78, 5) is 2.72. The van der Waals surface area contributed by atoms with E-state index in [9.17, 15) is 0 Å². The molecule has 5 rings (SSSR count). The molecule has 1 aliphatic heterocycles. The summed E-state index contributed by atoms with van der Waals surface area (Å²) in [6.45, 7) is 4.01. The Balaban J connectivity index is 1.35. The van der Waals surface area contributed by atoms with Gasteiger partial charge < -0.3 is 10.2 Å². The summed E-state index contributed by atoms with van der Waals surface area (Å²) < 4.78 is 0. The minimum Gasteiger partial charge on any atom is -0.316 e. The average Bonchev–Trinajstić information content (AvgIpc) is 2.83. The average molecular weight is 262 g/mol. The Hall–Kier alpha value is -0.0800. The van der Waals surface area contributed by atoms with Gasteiger partial charge in [0.2, 0.25) is 0 Å². The molecule has 0 aromatic carbocycles. The third-order valence-electron chi connectivity index (χ3n) is 6.80. The van der Waals surface area contributed by atoms with Gasteiger partial charge in [0, 0.05) is 12.6 Å². The molecule has 1 saturated heterocycles. The zero-order valence-corrected chi connectivity index (χ0v) is 12.5. The van der Waals surface area contributed by atoms with Crippen LogP contribution < -0.4 is 5.32 Å². The van der Waals surface area contributed by atoms with Crippen molar-refractivity contribution < 1.29 is 0 Å². The van der Waals surface area contributed by atoms with E-state index in [4.69, 9.17) is 0 Å². The molecular weight excluding hydrogens is 232 g/mol. The van der Waals surface area contributed by atoms with Gasteiger partial charge in [-0.3, -0.25) is 0 Å². The molecule has 19 heavy (non-hydrogen) atoms. The van der Waals surface area contributed by atoms with Crippen molar-refractivity contribution in [3.63, 3.8) is 0 Å². The van der Waals surface area contributed by atoms with Gasteiger partial charge in [-0.15, -0.1) is 0 Å². The molecule has 2 nitrogen and oxygen atoms in total. The Morgan fingerprint density at radius 2 is 1.68 bits per heavy atom. The summed E-state index contributed by atoms with van der Waals surface area (Å²) in [6.07, 6.45) is 12.4. The van der Waals surface area contributed by atoms with Crippen LogP contribution in [0.15, 0.2) is 0 Å². The van der Waals surface area contributed by atoms with Gasteiger partial charge in [0.1, 0.15) is 0 Å². The molecule has 0 aromatic heterocycles. The standard InChI is InChI=1S/C17H30N2/c1-18-16-2-4-19(12-16)5-3-17-9-13-6-14(10-17)8-15(7-13)11-17/h13-16,18H,2-12H2,1H3. The van der Waals surface area contributed by atoms with Crippen LogP contribution >= 0.6 is 0 Å². The van der Waals surface area contributed by atoms with Crippen molar-refractivity contribution in [2.45, 2.75) is 57.4 Å². The van der Waals surface area contributed by atoms with Crippen molar-refractivity contribution in [1.82, 2.24) is 10.2 Å². The van der Waals surface area contributed by atoms with Gasteiger partial charge in [0.05, 0.1) is 0 Å². The quantitative estimate of drug-likeness (QED) is 0.838. The van der Waals surface area contributed by atoms with Crippen LogP contribution in [0.25, 0.3) is 0 Å². The number of likely N-dealkylation sites (N-methyl/N-ethyl adjacent to an activating group) is 1. The summed E-state index contributed by atoms with van der Waals surface area (Å²) in [5, 5.41) is 3.45. The molecule has 2 heteroatoms. The fourth-order valence-corrected chi connectivity index (χ4v) is 6.26. The molecule has 4 saturated carbocycles. The summed E-state index contributed by atoms with van der Waals surface area (Å²) in [5.74, 6) is 3.36. The first-order chi connectivity index (χ1) is 9.25. The topological polar surface area (TPSA) is 15.3 Å². The molecule has 108 valence electrons. The SMILES string of the molecule is CNC1CCN(CCC23CC4CC(CC(C4)C2)C3)C1. The molecule has 0 aromatic rings. The van der Waals surface area contributed by atoms with Crippen LogP contribution in [-0.4, -0.2) is 37.6 Å². The second-order valence-corrected chi connectivity index (χ2v) is 8.24. The van der Waals surface area contributed by atoms with Crippen molar-refractivity contribution >= 4 is 0 Å². The molecule has 1 atom stereocenters. The van der Waals surface area contributed by atoms with Gasteiger partial charge in [-0.05, 0) is 94.7 Å². The first-order valence-electron chi connectivity index (χ1n) is 8.64. The van der Waals surface area contributed by atoms with E-state index in [1.54, 1.807) is 38.5 Å². The van der Waals surface area contributed by atoms with Crippen LogP contribution in [0.1, 0.15) is 51.4 Å². The lowest BCUT2D eigenvalue weighted by atomic mass is 9.49. The maximum Gasteiger partial charge on any atom is 0.0204 e. The Bertz CT molecular complexity index is 303. The highest BCUT2D eigenvalue weighted by molar-refractivity contribution is 5.01. The first-order valence-corrected chi connectivity index (χ1v) is 8.64. The van der Waals surface area contributed by atoms with E-state index in [0.717, 1.165) is 29.2 Å². The smallest absolute Gasteiger partial charge is 0.0204 e. The van der Waals surface area contributed by atoms with Crippen LogP contribution in [-0.2, 0) is 0 Å². The van der Waals surface area contributed by atoms with E-state index in [-0.39, 0.29) is 0 Å². The minimum absolute atomic E-state index is 0.761. The zero-order chi connectivity index (χ0) is 12.9.